The molecular formula is C22H46O3. The maximum absolute atomic E-state index is 9.43. The lowest BCUT2D eigenvalue weighted by molar-refractivity contribution is -0.00684. The summed E-state index contributed by atoms with van der Waals surface area (Å²) >= 11 is 0. The second-order valence-corrected chi connectivity index (χ2v) is 7.49. The number of unbranched alkanes of at least 4 members (excludes halogenated alkanes) is 15. The van der Waals surface area contributed by atoms with Crippen LogP contribution in [0.5, 0.6) is 0 Å². The first-order chi connectivity index (χ1) is 12.3. The molecule has 0 spiro atoms. The summed E-state index contributed by atoms with van der Waals surface area (Å²) in [5, 5.41) is 9.43. The van der Waals surface area contributed by atoms with E-state index in [0.29, 0.717) is 13.2 Å². The molecule has 0 heterocycles. The lowest BCUT2D eigenvalue weighted by Crippen LogP contribution is -2.21. The second-order valence-electron chi connectivity index (χ2n) is 7.49. The highest BCUT2D eigenvalue weighted by Crippen LogP contribution is 2.13. The maximum atomic E-state index is 9.43. The van der Waals surface area contributed by atoms with Gasteiger partial charge in [0.25, 0.3) is 0 Å². The van der Waals surface area contributed by atoms with E-state index in [2.05, 4.69) is 6.92 Å². The van der Waals surface area contributed by atoms with Crippen LogP contribution in [0.1, 0.15) is 110 Å². The molecule has 1 unspecified atom stereocenters. The quantitative estimate of drug-likeness (QED) is 0.246. The van der Waals surface area contributed by atoms with Gasteiger partial charge in [0.05, 0.1) is 13.2 Å². The van der Waals surface area contributed by atoms with Crippen LogP contribution in [0.25, 0.3) is 0 Å². The molecule has 3 nitrogen and oxygen atoms in total. The third-order valence-corrected chi connectivity index (χ3v) is 4.81. The van der Waals surface area contributed by atoms with E-state index in [4.69, 9.17) is 9.47 Å². The molecule has 0 aromatic heterocycles. The largest absolute Gasteiger partial charge is 0.388 e. The predicted octanol–water partition coefficient (Wildman–Crippen LogP) is 6.27. The number of hydrogen-bond donors (Lipinski definition) is 1. The molecule has 0 aromatic rings. The molecule has 1 atom stereocenters. The van der Waals surface area contributed by atoms with Gasteiger partial charge in [0.1, 0.15) is 6.10 Å². The monoisotopic (exact) mass is 358 g/mol. The van der Waals surface area contributed by atoms with Crippen molar-refractivity contribution >= 4 is 0 Å². The van der Waals surface area contributed by atoms with Crippen molar-refractivity contribution in [2.24, 2.45) is 0 Å². The van der Waals surface area contributed by atoms with Crippen LogP contribution >= 0.6 is 0 Å². The van der Waals surface area contributed by atoms with Crippen LogP contribution in [0.3, 0.4) is 0 Å². The molecule has 0 amide bonds. The van der Waals surface area contributed by atoms with Crippen LogP contribution in [0.2, 0.25) is 0 Å². The molecular weight excluding hydrogens is 312 g/mol. The zero-order valence-corrected chi connectivity index (χ0v) is 17.3. The number of aliphatic hydroxyl groups is 1. The van der Waals surface area contributed by atoms with Crippen molar-refractivity contribution in [1.29, 1.82) is 0 Å². The van der Waals surface area contributed by atoms with Gasteiger partial charge in [0.15, 0.2) is 0 Å². The molecule has 152 valence electrons. The Kier molecular flexibility index (Phi) is 21.8. The average Bonchev–Trinajstić information content (AvgIpc) is 2.61. The Morgan fingerprint density at radius 3 is 1.40 bits per heavy atom. The summed E-state index contributed by atoms with van der Waals surface area (Å²) in [5.41, 5.74) is 0. The van der Waals surface area contributed by atoms with Gasteiger partial charge in [0, 0.05) is 13.7 Å². The fourth-order valence-corrected chi connectivity index (χ4v) is 3.21. The van der Waals surface area contributed by atoms with Gasteiger partial charge in [-0.05, 0) is 6.42 Å². The number of rotatable bonds is 21. The van der Waals surface area contributed by atoms with Crippen molar-refractivity contribution in [3.05, 3.63) is 0 Å². The Hall–Kier alpha value is -0.120. The summed E-state index contributed by atoms with van der Waals surface area (Å²) in [4.78, 5) is 0. The molecule has 0 radical (unpaired) electrons. The molecule has 25 heavy (non-hydrogen) atoms. The summed E-state index contributed by atoms with van der Waals surface area (Å²) < 4.78 is 10.3. The Bertz CT molecular complexity index is 233. The van der Waals surface area contributed by atoms with E-state index < -0.39 is 6.10 Å². The molecule has 0 bridgehead atoms. The van der Waals surface area contributed by atoms with Crippen LogP contribution in [0.4, 0.5) is 0 Å². The smallest absolute Gasteiger partial charge is 0.101 e. The van der Waals surface area contributed by atoms with Gasteiger partial charge >= 0.3 is 0 Å². The van der Waals surface area contributed by atoms with Crippen LogP contribution in [-0.4, -0.2) is 38.1 Å². The summed E-state index contributed by atoms with van der Waals surface area (Å²) in [6.07, 6.45) is 21.7. The minimum atomic E-state index is -0.481. The number of methoxy groups -OCH3 is 1. The molecule has 0 aliphatic rings. The van der Waals surface area contributed by atoms with Gasteiger partial charge < -0.3 is 14.6 Å². The van der Waals surface area contributed by atoms with E-state index in [0.717, 1.165) is 13.0 Å². The molecule has 3 heteroatoms. The lowest BCUT2D eigenvalue weighted by Gasteiger charge is -2.09. The molecule has 1 N–H and O–H groups in total. The topological polar surface area (TPSA) is 38.7 Å². The summed E-state index contributed by atoms with van der Waals surface area (Å²) in [5.74, 6) is 0. The van der Waals surface area contributed by atoms with Crippen molar-refractivity contribution in [2.45, 2.75) is 116 Å². The number of aliphatic hydroxyl groups excluding tert-OH is 1. The van der Waals surface area contributed by atoms with Crippen LogP contribution in [-0.2, 0) is 9.47 Å². The Morgan fingerprint density at radius 2 is 1.00 bits per heavy atom. The molecule has 0 saturated heterocycles. The van der Waals surface area contributed by atoms with Gasteiger partial charge in [-0.2, -0.15) is 0 Å². The van der Waals surface area contributed by atoms with Gasteiger partial charge in [-0.1, -0.05) is 103 Å². The Labute approximate surface area is 157 Å². The Balaban J connectivity index is 3.00. The van der Waals surface area contributed by atoms with Crippen molar-refractivity contribution in [3.63, 3.8) is 0 Å². The normalized spacial score (nSPS) is 12.6. The third-order valence-electron chi connectivity index (χ3n) is 4.81. The summed E-state index contributed by atoms with van der Waals surface area (Å²) in [7, 11) is 1.60. The first-order valence-electron chi connectivity index (χ1n) is 11.1. The first kappa shape index (κ1) is 24.9. The highest BCUT2D eigenvalue weighted by Gasteiger charge is 2.02. The summed E-state index contributed by atoms with van der Waals surface area (Å²) in [6.45, 7) is 3.80. The van der Waals surface area contributed by atoms with Crippen LogP contribution < -0.4 is 0 Å². The van der Waals surface area contributed by atoms with E-state index in [-0.39, 0.29) is 0 Å². The Morgan fingerprint density at radius 1 is 0.600 bits per heavy atom. The minimum Gasteiger partial charge on any atom is -0.388 e. The average molecular weight is 359 g/mol. The third kappa shape index (κ3) is 21.8. The molecule has 0 saturated carbocycles. The number of hydrogen-bond acceptors (Lipinski definition) is 3. The highest BCUT2D eigenvalue weighted by molar-refractivity contribution is 4.52. The van der Waals surface area contributed by atoms with Gasteiger partial charge in [-0.25, -0.2) is 0 Å². The molecule has 0 aliphatic heterocycles. The zero-order valence-electron chi connectivity index (χ0n) is 17.3. The molecule has 0 rings (SSSR count). The molecule has 0 aromatic carbocycles. The maximum Gasteiger partial charge on any atom is 0.101 e. The second kappa shape index (κ2) is 21.9. The van der Waals surface area contributed by atoms with Gasteiger partial charge in [-0.15, -0.1) is 0 Å². The van der Waals surface area contributed by atoms with Gasteiger partial charge in [0.2, 0.25) is 0 Å². The van der Waals surface area contributed by atoms with Crippen molar-refractivity contribution in [2.75, 3.05) is 26.9 Å². The minimum absolute atomic E-state index is 0.360. The SMILES string of the molecule is CCCCCCCCCCCCCCCCCCOCC(O)COC. The standard InChI is InChI=1S/C22H46O3/c1-3-4-5-6-7-8-9-10-11-12-13-14-15-16-17-18-19-25-21-22(23)20-24-2/h22-23H,3-21H2,1-2H3. The zero-order chi connectivity index (χ0) is 18.4. The highest BCUT2D eigenvalue weighted by atomic mass is 16.5. The van der Waals surface area contributed by atoms with E-state index in [1.54, 1.807) is 7.11 Å². The number of ether oxygens (including phenoxy) is 2. The van der Waals surface area contributed by atoms with Crippen molar-refractivity contribution in [1.82, 2.24) is 0 Å². The van der Waals surface area contributed by atoms with E-state index >= 15 is 0 Å². The fourth-order valence-electron chi connectivity index (χ4n) is 3.21. The van der Waals surface area contributed by atoms with E-state index in [1.165, 1.54) is 96.3 Å². The van der Waals surface area contributed by atoms with Crippen molar-refractivity contribution < 1.29 is 14.6 Å². The lowest BCUT2D eigenvalue weighted by atomic mass is 10.0. The van der Waals surface area contributed by atoms with E-state index in [9.17, 15) is 5.11 Å². The molecule has 0 aliphatic carbocycles. The van der Waals surface area contributed by atoms with Crippen molar-refractivity contribution in [3.8, 4) is 0 Å². The summed E-state index contributed by atoms with van der Waals surface area (Å²) in [6, 6.07) is 0. The molecule has 0 fully saturated rings. The predicted molar refractivity (Wildman–Crippen MR) is 108 cm³/mol. The first-order valence-corrected chi connectivity index (χ1v) is 11.1. The fraction of sp³-hybridized carbons (Fsp3) is 1.00. The van der Waals surface area contributed by atoms with Crippen LogP contribution in [0.15, 0.2) is 0 Å². The van der Waals surface area contributed by atoms with E-state index in [1.807, 2.05) is 0 Å². The van der Waals surface area contributed by atoms with Crippen LogP contribution in [0, 0.1) is 0 Å². The van der Waals surface area contributed by atoms with Gasteiger partial charge in [-0.3, -0.25) is 0 Å².